The van der Waals surface area contributed by atoms with Crippen molar-refractivity contribution in [2.24, 2.45) is 4.99 Å². The Morgan fingerprint density at radius 3 is 2.53 bits per heavy atom. The maximum absolute atomic E-state index is 14.3. The van der Waals surface area contributed by atoms with E-state index in [1.807, 2.05) is 36.4 Å². The summed E-state index contributed by atoms with van der Waals surface area (Å²) < 4.78 is 14.3. The summed E-state index contributed by atoms with van der Waals surface area (Å²) in [6, 6.07) is 22.0. The van der Waals surface area contributed by atoms with Crippen molar-refractivity contribution in [1.29, 1.82) is 0 Å². The van der Waals surface area contributed by atoms with Crippen LogP contribution in [-0.4, -0.2) is 23.5 Å². The number of aryl methyl sites for hydroxylation is 1. The molecule has 0 aliphatic carbocycles. The summed E-state index contributed by atoms with van der Waals surface area (Å²) in [4.78, 5) is 32.8. The number of amidine groups is 1. The second kappa shape index (κ2) is 9.19. The average molecular weight is 471 g/mol. The molecule has 2 aliphatic heterocycles. The van der Waals surface area contributed by atoms with E-state index >= 15 is 0 Å². The first kappa shape index (κ1) is 22.0. The Morgan fingerprint density at radius 1 is 0.971 bits per heavy atom. The molecule has 0 radical (unpaired) electrons. The zero-order valence-electron chi connectivity index (χ0n) is 18.3. The fraction of sp³-hybridized carbons (Fsp3) is 0.148. The van der Waals surface area contributed by atoms with Gasteiger partial charge in [0.2, 0.25) is 0 Å². The first-order valence-electron chi connectivity index (χ1n) is 11.0. The summed E-state index contributed by atoms with van der Waals surface area (Å²) in [5.41, 5.74) is 4.10. The molecule has 3 aromatic rings. The Bertz CT molecular complexity index is 1340. The van der Waals surface area contributed by atoms with Crippen LogP contribution >= 0.6 is 0 Å². The molecular weight excluding hydrogens is 449 g/mol. The number of halogens is 1. The highest BCUT2D eigenvalue weighted by atomic mass is 32.1. The van der Waals surface area contributed by atoms with E-state index in [0.717, 1.165) is 42.1 Å². The van der Waals surface area contributed by atoms with Gasteiger partial charge in [-0.25, -0.2) is 9.38 Å². The Hall–Kier alpha value is -3.84. The van der Waals surface area contributed by atoms with Crippen LogP contribution in [0.5, 0.6) is 0 Å². The molecule has 34 heavy (non-hydrogen) atoms. The van der Waals surface area contributed by atoms with Gasteiger partial charge in [-0.1, -0.05) is 48.5 Å². The summed E-state index contributed by atoms with van der Waals surface area (Å²) in [6.45, 7) is 1.78. The molecule has 0 aromatic heterocycles. The third-order valence-corrected chi connectivity index (χ3v) is 6.27. The van der Waals surface area contributed by atoms with Gasteiger partial charge >= 0.3 is 0 Å². The standard InChI is InChI=1S/C27H22FN3O2S/c28-22-10-4-5-11-24(22)31-26(33)21(25(32)29-27(31)34)16-19-12-13-23-20(15-19)9-6-14-30(23)17-18-7-2-1-3-8-18/h1-5,7-8,10-13,15-16H,6,9,14,17H2,(H,29,32,34)/p-1. The molecule has 170 valence electrons. The number of aliphatic imine (C=N–C) groups is 1. The zero-order valence-corrected chi connectivity index (χ0v) is 19.1. The van der Waals surface area contributed by atoms with Crippen molar-refractivity contribution in [3.05, 3.63) is 101 Å². The molecule has 0 bridgehead atoms. The maximum Gasteiger partial charge on any atom is 0.282 e. The van der Waals surface area contributed by atoms with E-state index in [1.54, 1.807) is 6.07 Å². The van der Waals surface area contributed by atoms with Crippen molar-refractivity contribution in [2.45, 2.75) is 19.4 Å². The van der Waals surface area contributed by atoms with Gasteiger partial charge in [-0.15, -0.1) is 0 Å². The zero-order chi connectivity index (χ0) is 23.7. The molecule has 2 aliphatic rings. The van der Waals surface area contributed by atoms with Crippen molar-refractivity contribution in [3.8, 4) is 0 Å². The lowest BCUT2D eigenvalue weighted by molar-refractivity contribution is -0.120. The van der Waals surface area contributed by atoms with E-state index in [-0.39, 0.29) is 16.4 Å². The van der Waals surface area contributed by atoms with Gasteiger partial charge in [-0.3, -0.25) is 14.5 Å². The minimum atomic E-state index is -0.717. The summed E-state index contributed by atoms with van der Waals surface area (Å²) in [5.74, 6) is -2.01. The number of benzene rings is 3. The number of nitrogens with zero attached hydrogens (tertiary/aromatic N) is 3. The predicted octanol–water partition coefficient (Wildman–Crippen LogP) is 4.64. The molecular formula is C27H21FN3O2S-. The van der Waals surface area contributed by atoms with Crippen LogP contribution in [0.3, 0.4) is 0 Å². The summed E-state index contributed by atoms with van der Waals surface area (Å²) >= 11 is 5.11. The number of rotatable bonds is 4. The highest BCUT2D eigenvalue weighted by molar-refractivity contribution is 7.78. The Balaban J connectivity index is 1.46. The van der Waals surface area contributed by atoms with Gasteiger partial charge < -0.3 is 17.5 Å². The second-order valence-electron chi connectivity index (χ2n) is 8.25. The fourth-order valence-corrected chi connectivity index (χ4v) is 4.65. The van der Waals surface area contributed by atoms with Crippen molar-refractivity contribution in [1.82, 2.24) is 0 Å². The molecule has 0 spiro atoms. The van der Waals surface area contributed by atoms with E-state index < -0.39 is 17.6 Å². The Kier molecular flexibility index (Phi) is 5.94. The van der Waals surface area contributed by atoms with Crippen LogP contribution in [-0.2, 0) is 35.2 Å². The number of fused-ring (bicyclic) bond motifs is 1. The normalized spacial score (nSPS) is 17.1. The number of hydrogen-bond donors (Lipinski definition) is 0. The van der Waals surface area contributed by atoms with Gasteiger partial charge in [0.05, 0.1) is 5.69 Å². The number of amides is 2. The first-order valence-corrected chi connectivity index (χ1v) is 11.4. The van der Waals surface area contributed by atoms with Crippen LogP contribution in [0.4, 0.5) is 15.8 Å². The van der Waals surface area contributed by atoms with Gasteiger partial charge in [0.1, 0.15) is 11.4 Å². The topological polar surface area (TPSA) is 53.0 Å². The summed E-state index contributed by atoms with van der Waals surface area (Å²) in [5, 5.41) is -0.265. The van der Waals surface area contributed by atoms with Crippen molar-refractivity contribution < 1.29 is 14.0 Å². The predicted molar refractivity (Wildman–Crippen MR) is 134 cm³/mol. The highest BCUT2D eigenvalue weighted by Crippen LogP contribution is 2.31. The molecule has 2 amide bonds. The van der Waals surface area contributed by atoms with Crippen molar-refractivity contribution in [2.75, 3.05) is 16.3 Å². The number of para-hydroxylation sites is 1. The largest absolute Gasteiger partial charge is 0.742 e. The quantitative estimate of drug-likeness (QED) is 0.317. The first-order chi connectivity index (χ1) is 16.5. The van der Waals surface area contributed by atoms with E-state index in [0.29, 0.717) is 5.56 Å². The van der Waals surface area contributed by atoms with E-state index in [4.69, 9.17) is 12.6 Å². The van der Waals surface area contributed by atoms with Gasteiger partial charge in [0, 0.05) is 18.8 Å². The SMILES string of the molecule is O=C1N=C([S-])N(c2ccccc2F)C(=O)C1=Cc1ccc2c(c1)CCCN2Cc1ccccc1. The van der Waals surface area contributed by atoms with Crippen molar-refractivity contribution >= 4 is 47.1 Å². The van der Waals surface area contributed by atoms with Crippen LogP contribution in [0, 0.1) is 5.82 Å². The molecule has 0 unspecified atom stereocenters. The van der Waals surface area contributed by atoms with E-state index in [1.165, 1.54) is 29.8 Å². The molecule has 0 saturated carbocycles. The van der Waals surface area contributed by atoms with Crippen LogP contribution in [0.2, 0.25) is 0 Å². The third-order valence-electron chi connectivity index (χ3n) is 5.99. The smallest absolute Gasteiger partial charge is 0.282 e. The lowest BCUT2D eigenvalue weighted by Crippen LogP contribution is -2.43. The molecule has 0 atom stereocenters. The third kappa shape index (κ3) is 4.22. The van der Waals surface area contributed by atoms with Crippen LogP contribution < -0.4 is 9.80 Å². The maximum atomic E-state index is 14.3. The average Bonchev–Trinajstić information content (AvgIpc) is 2.83. The molecule has 0 N–H and O–H groups in total. The molecule has 0 fully saturated rings. The molecule has 2 heterocycles. The number of carbonyl (C=O) groups excluding carboxylic acids is 2. The van der Waals surface area contributed by atoms with Crippen molar-refractivity contribution in [3.63, 3.8) is 0 Å². The van der Waals surface area contributed by atoms with E-state index in [2.05, 4.69) is 22.0 Å². The Morgan fingerprint density at radius 2 is 1.74 bits per heavy atom. The van der Waals surface area contributed by atoms with Gasteiger partial charge in [-0.2, -0.15) is 0 Å². The minimum absolute atomic E-state index is 0.0263. The monoisotopic (exact) mass is 470 g/mol. The Labute approximate surface area is 202 Å². The molecule has 3 aromatic carbocycles. The lowest BCUT2D eigenvalue weighted by atomic mass is 9.97. The molecule has 7 heteroatoms. The van der Waals surface area contributed by atoms with Crippen LogP contribution in [0.15, 0.2) is 83.4 Å². The number of hydrogen-bond acceptors (Lipinski definition) is 4. The molecule has 5 nitrogen and oxygen atoms in total. The van der Waals surface area contributed by atoms with Crippen LogP contribution in [0.25, 0.3) is 6.08 Å². The minimum Gasteiger partial charge on any atom is -0.742 e. The number of carbonyl (C=O) groups is 2. The van der Waals surface area contributed by atoms with Crippen LogP contribution in [0.1, 0.15) is 23.1 Å². The second-order valence-corrected chi connectivity index (χ2v) is 8.61. The van der Waals surface area contributed by atoms with Gasteiger partial charge in [-0.05, 0) is 65.0 Å². The highest BCUT2D eigenvalue weighted by Gasteiger charge is 2.31. The fourth-order valence-electron chi connectivity index (χ4n) is 4.38. The summed E-state index contributed by atoms with van der Waals surface area (Å²) in [6.07, 6.45) is 3.44. The number of anilines is 2. The molecule has 0 saturated heterocycles. The lowest BCUT2D eigenvalue weighted by Gasteiger charge is -2.32. The van der Waals surface area contributed by atoms with Gasteiger partial charge in [0.25, 0.3) is 11.8 Å². The summed E-state index contributed by atoms with van der Waals surface area (Å²) in [7, 11) is 0. The van der Waals surface area contributed by atoms with E-state index in [9.17, 15) is 14.0 Å². The molecule has 5 rings (SSSR count). The van der Waals surface area contributed by atoms with Gasteiger partial charge in [0.15, 0.2) is 0 Å².